The summed E-state index contributed by atoms with van der Waals surface area (Å²) in [5.74, 6) is 0. The average molecular weight is 392 g/mol. The fourth-order valence-corrected chi connectivity index (χ4v) is 2.72. The van der Waals surface area contributed by atoms with Crippen LogP contribution < -0.4 is 0 Å². The number of aromatic nitrogens is 1. The molecule has 0 saturated heterocycles. The van der Waals surface area contributed by atoms with E-state index in [-0.39, 0.29) is 0 Å². The van der Waals surface area contributed by atoms with Gasteiger partial charge in [-0.2, -0.15) is 0 Å². The highest BCUT2D eigenvalue weighted by Gasteiger charge is 1.97. The summed E-state index contributed by atoms with van der Waals surface area (Å²) in [5, 5.41) is 1.81. The van der Waals surface area contributed by atoms with Gasteiger partial charge in [0, 0.05) is 14.0 Å². The van der Waals surface area contributed by atoms with Gasteiger partial charge in [0.15, 0.2) is 0 Å². The predicted molar refractivity (Wildman–Crippen MR) is 94.8 cm³/mol. The highest BCUT2D eigenvalue weighted by molar-refractivity contribution is 14.1. The van der Waals surface area contributed by atoms with E-state index in [2.05, 4.69) is 64.0 Å². The second-order valence-electron chi connectivity index (χ2n) is 4.46. The largest absolute Gasteiger partial charge is 0.248 e. The molecular weight excluding hydrogens is 381 g/mol. The predicted octanol–water partition coefficient (Wildman–Crippen LogP) is 5.66. The molecule has 0 bridgehead atoms. The molecule has 1 aromatic heterocycles. The van der Waals surface area contributed by atoms with Crippen molar-refractivity contribution in [3.05, 3.63) is 74.4 Å². The summed E-state index contributed by atoms with van der Waals surface area (Å²) >= 11 is 8.31. The SMILES string of the molecule is Clc1ccc2ccc(/C=C/c3cccc(I)c3)nc2c1. The van der Waals surface area contributed by atoms with E-state index < -0.39 is 0 Å². The van der Waals surface area contributed by atoms with Gasteiger partial charge in [-0.3, -0.25) is 0 Å². The minimum Gasteiger partial charge on any atom is -0.248 e. The third-order valence-electron chi connectivity index (χ3n) is 2.97. The van der Waals surface area contributed by atoms with E-state index in [1.54, 1.807) is 0 Å². The maximum atomic E-state index is 6.00. The van der Waals surface area contributed by atoms with E-state index in [0.29, 0.717) is 5.02 Å². The zero-order valence-electron chi connectivity index (χ0n) is 10.6. The molecule has 3 rings (SSSR count). The molecule has 0 radical (unpaired) electrons. The van der Waals surface area contributed by atoms with Crippen molar-refractivity contribution in [3.8, 4) is 0 Å². The Bertz CT molecular complexity index is 796. The van der Waals surface area contributed by atoms with Crippen molar-refractivity contribution in [1.29, 1.82) is 0 Å². The Balaban J connectivity index is 1.94. The van der Waals surface area contributed by atoms with Crippen LogP contribution in [-0.4, -0.2) is 4.98 Å². The van der Waals surface area contributed by atoms with Crippen molar-refractivity contribution in [2.24, 2.45) is 0 Å². The number of halogens is 2. The van der Waals surface area contributed by atoms with Crippen molar-refractivity contribution >= 4 is 57.2 Å². The third kappa shape index (κ3) is 3.19. The second-order valence-corrected chi connectivity index (χ2v) is 6.14. The molecule has 0 unspecified atom stereocenters. The van der Waals surface area contributed by atoms with Crippen LogP contribution in [0.4, 0.5) is 0 Å². The monoisotopic (exact) mass is 391 g/mol. The summed E-state index contributed by atoms with van der Waals surface area (Å²) in [6.07, 6.45) is 4.09. The molecule has 98 valence electrons. The number of hydrogen-bond acceptors (Lipinski definition) is 1. The molecule has 3 aromatic rings. The summed E-state index contributed by atoms with van der Waals surface area (Å²) in [6, 6.07) is 18.2. The maximum Gasteiger partial charge on any atom is 0.0724 e. The van der Waals surface area contributed by atoms with Crippen molar-refractivity contribution in [3.63, 3.8) is 0 Å². The highest BCUT2D eigenvalue weighted by atomic mass is 127. The summed E-state index contributed by atoms with van der Waals surface area (Å²) in [6.45, 7) is 0. The summed E-state index contributed by atoms with van der Waals surface area (Å²) in [4.78, 5) is 4.60. The molecule has 0 amide bonds. The molecule has 0 fully saturated rings. The zero-order chi connectivity index (χ0) is 13.9. The molecule has 0 atom stereocenters. The number of nitrogens with zero attached hydrogens (tertiary/aromatic N) is 1. The second kappa shape index (κ2) is 5.94. The molecule has 2 aromatic carbocycles. The van der Waals surface area contributed by atoms with Gasteiger partial charge >= 0.3 is 0 Å². The quantitative estimate of drug-likeness (QED) is 0.513. The molecule has 1 heterocycles. The smallest absolute Gasteiger partial charge is 0.0724 e. The van der Waals surface area contributed by atoms with Gasteiger partial charge in [-0.1, -0.05) is 41.9 Å². The molecule has 0 aliphatic rings. The average Bonchev–Trinajstić information content (AvgIpc) is 2.45. The Morgan fingerprint density at radius 3 is 2.65 bits per heavy atom. The molecule has 0 N–H and O–H groups in total. The van der Waals surface area contributed by atoms with Gasteiger partial charge in [0.2, 0.25) is 0 Å². The van der Waals surface area contributed by atoms with Gasteiger partial charge in [-0.05, 0) is 64.6 Å². The van der Waals surface area contributed by atoms with Gasteiger partial charge in [0.1, 0.15) is 0 Å². The van der Waals surface area contributed by atoms with Crippen LogP contribution in [0.3, 0.4) is 0 Å². The lowest BCUT2D eigenvalue weighted by atomic mass is 10.1. The van der Waals surface area contributed by atoms with Crippen LogP contribution in [0, 0.1) is 3.57 Å². The highest BCUT2D eigenvalue weighted by Crippen LogP contribution is 2.19. The topological polar surface area (TPSA) is 12.9 Å². The van der Waals surface area contributed by atoms with Crippen LogP contribution in [0.2, 0.25) is 5.02 Å². The standard InChI is InChI=1S/C17H11ClIN/c18-14-7-5-13-6-9-16(20-17(13)11-14)8-4-12-2-1-3-15(19)10-12/h1-11H/b8-4+. The first-order chi connectivity index (χ1) is 9.70. The van der Waals surface area contributed by atoms with Gasteiger partial charge < -0.3 is 0 Å². The van der Waals surface area contributed by atoms with Gasteiger partial charge in [-0.15, -0.1) is 0 Å². The number of benzene rings is 2. The van der Waals surface area contributed by atoms with Crippen LogP contribution in [0.5, 0.6) is 0 Å². The van der Waals surface area contributed by atoms with Crippen molar-refractivity contribution < 1.29 is 0 Å². The van der Waals surface area contributed by atoms with E-state index in [1.165, 1.54) is 9.13 Å². The minimum absolute atomic E-state index is 0.712. The lowest BCUT2D eigenvalue weighted by Crippen LogP contribution is -1.83. The number of fused-ring (bicyclic) bond motifs is 1. The van der Waals surface area contributed by atoms with E-state index in [4.69, 9.17) is 11.6 Å². The fraction of sp³-hybridized carbons (Fsp3) is 0. The van der Waals surface area contributed by atoms with Crippen molar-refractivity contribution in [2.45, 2.75) is 0 Å². The summed E-state index contributed by atoms with van der Waals surface area (Å²) in [7, 11) is 0. The molecular formula is C17H11ClIN. The van der Waals surface area contributed by atoms with Gasteiger partial charge in [-0.25, -0.2) is 4.98 Å². The molecule has 0 aliphatic carbocycles. The molecule has 0 saturated carbocycles. The lowest BCUT2D eigenvalue weighted by Gasteiger charge is -2.00. The Morgan fingerprint density at radius 1 is 0.950 bits per heavy atom. The van der Waals surface area contributed by atoms with Crippen LogP contribution in [0.25, 0.3) is 23.1 Å². The normalized spacial score (nSPS) is 11.3. The van der Waals surface area contributed by atoms with Crippen LogP contribution in [0.1, 0.15) is 11.3 Å². The zero-order valence-corrected chi connectivity index (χ0v) is 13.5. The first-order valence-corrected chi connectivity index (χ1v) is 7.66. The Kier molecular flexibility index (Phi) is 4.03. The van der Waals surface area contributed by atoms with E-state index in [0.717, 1.165) is 16.6 Å². The lowest BCUT2D eigenvalue weighted by molar-refractivity contribution is 1.37. The molecule has 20 heavy (non-hydrogen) atoms. The first kappa shape index (κ1) is 13.6. The number of pyridine rings is 1. The minimum atomic E-state index is 0.712. The number of rotatable bonds is 2. The number of hydrogen-bond donors (Lipinski definition) is 0. The summed E-state index contributed by atoms with van der Waals surface area (Å²) < 4.78 is 1.23. The van der Waals surface area contributed by atoms with Crippen molar-refractivity contribution in [2.75, 3.05) is 0 Å². The van der Waals surface area contributed by atoms with Crippen LogP contribution in [0.15, 0.2) is 54.6 Å². The maximum absolute atomic E-state index is 6.00. The Hall–Kier alpha value is -1.39. The Morgan fingerprint density at radius 2 is 1.80 bits per heavy atom. The van der Waals surface area contributed by atoms with E-state index in [9.17, 15) is 0 Å². The molecule has 0 spiro atoms. The first-order valence-electron chi connectivity index (χ1n) is 6.21. The molecule has 1 nitrogen and oxygen atoms in total. The fourth-order valence-electron chi connectivity index (χ4n) is 1.99. The van der Waals surface area contributed by atoms with Gasteiger partial charge in [0.05, 0.1) is 11.2 Å². The third-order valence-corrected chi connectivity index (χ3v) is 3.88. The van der Waals surface area contributed by atoms with Crippen LogP contribution in [-0.2, 0) is 0 Å². The van der Waals surface area contributed by atoms with Gasteiger partial charge in [0.25, 0.3) is 0 Å². The van der Waals surface area contributed by atoms with Crippen molar-refractivity contribution in [1.82, 2.24) is 4.98 Å². The van der Waals surface area contributed by atoms with Crippen LogP contribution >= 0.6 is 34.2 Å². The van der Waals surface area contributed by atoms with E-state index >= 15 is 0 Å². The molecule has 0 aliphatic heterocycles. The summed E-state index contributed by atoms with van der Waals surface area (Å²) in [5.41, 5.74) is 3.02. The molecule has 3 heteroatoms. The Labute approximate surface area is 136 Å². The van der Waals surface area contributed by atoms with E-state index in [1.807, 2.05) is 30.3 Å².